The van der Waals surface area contributed by atoms with Gasteiger partial charge in [0.15, 0.2) is 0 Å². The lowest BCUT2D eigenvalue weighted by atomic mass is 9.77. The minimum Gasteiger partial charge on any atom is -0.303 e. The van der Waals surface area contributed by atoms with E-state index in [1.165, 1.54) is 98.5 Å². The van der Waals surface area contributed by atoms with Gasteiger partial charge in [-0.1, -0.05) is 92.6 Å². The highest BCUT2D eigenvalue weighted by atomic mass is 16.2. The van der Waals surface area contributed by atoms with Gasteiger partial charge in [-0.05, 0) is 112 Å². The summed E-state index contributed by atoms with van der Waals surface area (Å²) in [5.41, 5.74) is 7.27. The monoisotopic (exact) mass is 767 g/mol. The molecule has 0 unspecified atom stereocenters. The Balaban J connectivity index is 0.000000160. The average Bonchev–Trinajstić information content (AvgIpc) is 3.98. The van der Waals surface area contributed by atoms with Gasteiger partial charge in [-0.2, -0.15) is 0 Å². The Morgan fingerprint density at radius 1 is 0.569 bits per heavy atom. The van der Waals surface area contributed by atoms with Crippen molar-refractivity contribution in [2.45, 2.75) is 64.7 Å². The predicted octanol–water partition coefficient (Wildman–Crippen LogP) is 11.3. The molecule has 1 saturated carbocycles. The first-order valence-corrected chi connectivity index (χ1v) is 21.2. The van der Waals surface area contributed by atoms with E-state index in [1.54, 1.807) is 17.4 Å². The lowest BCUT2D eigenvalue weighted by molar-refractivity contribution is -0.118. The Morgan fingerprint density at radius 2 is 1.02 bits per heavy atom. The topological polar surface area (TPSA) is 62.4 Å². The SMILES string of the molecule is CCC(=O)N(c1ccncc1)n1c2ccccc2c2ccccc21.c1ccc2c(c1)c1ccccc1n2N(CCCCN1CCC2(CCCC2)CC1)c1ccncc1. The summed E-state index contributed by atoms with van der Waals surface area (Å²) in [5.74, 6) is 0.0349. The zero-order chi connectivity index (χ0) is 39.3. The standard InChI is InChI=1S/C30H36N4.C20H17N3O/c1-3-11-28-26(9-1)27-10-2-4-12-29(27)34(28)33(25-13-19-31-20-14-25)22-8-7-21-32-23-17-30(18-24-32)15-5-6-16-30;1-2-20(24)22(15-11-13-21-14-12-15)23-18-9-5-3-7-16(18)17-8-4-6-10-19(17)23/h1-4,9-14,19-20H,5-8,15-18,21-24H2;3-14H,2H2,1H3. The molecule has 1 amide bonds. The summed E-state index contributed by atoms with van der Waals surface area (Å²) in [4.78, 5) is 23.9. The van der Waals surface area contributed by atoms with Crippen LogP contribution < -0.4 is 10.0 Å². The van der Waals surface area contributed by atoms with E-state index < -0.39 is 0 Å². The van der Waals surface area contributed by atoms with E-state index in [4.69, 9.17) is 0 Å². The number of unbranched alkanes of at least 4 members (excludes halogenated alkanes) is 1. The number of fused-ring (bicyclic) bond motifs is 6. The fraction of sp³-hybridized carbons (Fsp3) is 0.300. The second-order valence-corrected chi connectivity index (χ2v) is 16.0. The van der Waals surface area contributed by atoms with E-state index in [1.807, 2.05) is 72.5 Å². The molecule has 1 aliphatic carbocycles. The van der Waals surface area contributed by atoms with E-state index in [0.717, 1.165) is 34.0 Å². The highest BCUT2D eigenvalue weighted by molar-refractivity contribution is 6.11. The molecule has 0 atom stereocenters. The third kappa shape index (κ3) is 7.33. The van der Waals surface area contributed by atoms with Crippen molar-refractivity contribution in [1.29, 1.82) is 0 Å². The summed E-state index contributed by atoms with van der Waals surface area (Å²) >= 11 is 0. The summed E-state index contributed by atoms with van der Waals surface area (Å²) in [6, 6.07) is 41.9. The number of anilines is 2. The minimum atomic E-state index is 0.0349. The summed E-state index contributed by atoms with van der Waals surface area (Å²) in [6.45, 7) is 6.71. The van der Waals surface area contributed by atoms with E-state index in [9.17, 15) is 4.79 Å². The van der Waals surface area contributed by atoms with Crippen LogP contribution in [0.5, 0.6) is 0 Å². The number of hydrogen-bond acceptors (Lipinski definition) is 5. The van der Waals surface area contributed by atoms with Crippen molar-refractivity contribution < 1.29 is 4.79 Å². The molecule has 1 saturated heterocycles. The van der Waals surface area contributed by atoms with Gasteiger partial charge in [0.2, 0.25) is 5.91 Å². The molecule has 4 aromatic carbocycles. The minimum absolute atomic E-state index is 0.0349. The molecule has 58 heavy (non-hydrogen) atoms. The van der Waals surface area contributed by atoms with Crippen molar-refractivity contribution in [2.24, 2.45) is 5.41 Å². The van der Waals surface area contributed by atoms with Gasteiger partial charge in [0.25, 0.3) is 0 Å². The lowest BCUT2D eigenvalue weighted by Gasteiger charge is -2.39. The van der Waals surface area contributed by atoms with Gasteiger partial charge in [-0.15, -0.1) is 0 Å². The van der Waals surface area contributed by atoms with Crippen LogP contribution in [0.2, 0.25) is 0 Å². The molecule has 0 bridgehead atoms. The average molecular weight is 768 g/mol. The van der Waals surface area contributed by atoms with Crippen LogP contribution in [0.1, 0.15) is 64.7 Å². The number of amides is 1. The third-order valence-electron chi connectivity index (χ3n) is 12.6. The van der Waals surface area contributed by atoms with E-state index >= 15 is 0 Å². The molecule has 0 radical (unpaired) electrons. The molecule has 4 aromatic heterocycles. The molecule has 0 N–H and O–H groups in total. The second-order valence-electron chi connectivity index (χ2n) is 16.0. The van der Waals surface area contributed by atoms with Crippen LogP contribution in [0.3, 0.4) is 0 Å². The van der Waals surface area contributed by atoms with E-state index in [2.05, 4.69) is 97.3 Å². The summed E-state index contributed by atoms with van der Waals surface area (Å²) < 4.78 is 4.43. The van der Waals surface area contributed by atoms with Gasteiger partial charge < -0.3 is 4.90 Å². The second kappa shape index (κ2) is 16.9. The van der Waals surface area contributed by atoms with Gasteiger partial charge in [-0.25, -0.2) is 9.69 Å². The predicted molar refractivity (Wildman–Crippen MR) is 239 cm³/mol. The highest BCUT2D eigenvalue weighted by Crippen LogP contribution is 2.46. The van der Waals surface area contributed by atoms with Gasteiger partial charge in [0.05, 0.1) is 33.4 Å². The molecular weight excluding hydrogens is 715 g/mol. The molecule has 5 heterocycles. The first-order valence-electron chi connectivity index (χ1n) is 21.2. The van der Waals surface area contributed by atoms with Crippen molar-refractivity contribution in [3.63, 3.8) is 0 Å². The van der Waals surface area contributed by atoms with Crippen molar-refractivity contribution >= 4 is 60.9 Å². The molecule has 2 fully saturated rings. The summed E-state index contributed by atoms with van der Waals surface area (Å²) in [5, 5.41) is 9.09. The van der Waals surface area contributed by atoms with Gasteiger partial charge in [0.1, 0.15) is 0 Å². The van der Waals surface area contributed by atoms with Crippen molar-refractivity contribution in [3.05, 3.63) is 146 Å². The Labute approximate surface area is 341 Å². The largest absolute Gasteiger partial charge is 0.303 e. The number of hydrogen-bond donors (Lipinski definition) is 0. The molecule has 8 aromatic rings. The van der Waals surface area contributed by atoms with Gasteiger partial charge >= 0.3 is 0 Å². The van der Waals surface area contributed by atoms with E-state index in [-0.39, 0.29) is 5.91 Å². The number of rotatable bonds is 10. The number of likely N-dealkylation sites (tertiary alicyclic amines) is 1. The van der Waals surface area contributed by atoms with Crippen molar-refractivity contribution in [3.8, 4) is 0 Å². The van der Waals surface area contributed by atoms with Gasteiger partial charge in [-0.3, -0.25) is 24.4 Å². The molecule has 8 heteroatoms. The smallest absolute Gasteiger partial charge is 0.245 e. The number of para-hydroxylation sites is 4. The van der Waals surface area contributed by atoms with Crippen LogP contribution >= 0.6 is 0 Å². The first kappa shape index (κ1) is 37.6. The number of carbonyl (C=O) groups is 1. The Morgan fingerprint density at radius 3 is 1.50 bits per heavy atom. The number of benzene rings is 4. The molecule has 8 nitrogen and oxygen atoms in total. The molecule has 1 spiro atoms. The zero-order valence-corrected chi connectivity index (χ0v) is 33.6. The maximum atomic E-state index is 12.8. The van der Waals surface area contributed by atoms with E-state index in [0.29, 0.717) is 11.8 Å². The molecule has 10 rings (SSSR count). The first-order chi connectivity index (χ1) is 28.6. The lowest BCUT2D eigenvalue weighted by Crippen LogP contribution is -2.39. The molecule has 2 aliphatic rings. The van der Waals surface area contributed by atoms with Crippen LogP contribution in [0.15, 0.2) is 146 Å². The van der Waals surface area contributed by atoms with Gasteiger partial charge in [0, 0.05) is 59.3 Å². The quantitative estimate of drug-likeness (QED) is 0.130. The molecule has 1 aliphatic heterocycles. The Kier molecular flexibility index (Phi) is 10.9. The number of nitrogens with zero attached hydrogens (tertiary/aromatic N) is 7. The number of piperidine rings is 1. The summed E-state index contributed by atoms with van der Waals surface area (Å²) in [7, 11) is 0. The van der Waals surface area contributed by atoms with Crippen LogP contribution in [0, 0.1) is 5.41 Å². The molecular formula is C50H53N7O. The maximum absolute atomic E-state index is 12.8. The number of aromatic nitrogens is 4. The normalized spacial score (nSPS) is 15.3. The fourth-order valence-electron chi connectivity index (χ4n) is 9.62. The Bertz CT molecular complexity index is 2510. The fourth-order valence-corrected chi connectivity index (χ4v) is 9.62. The van der Waals surface area contributed by atoms with Crippen LogP contribution in [-0.4, -0.2) is 56.3 Å². The third-order valence-corrected chi connectivity index (χ3v) is 12.6. The van der Waals surface area contributed by atoms with Crippen LogP contribution in [-0.2, 0) is 4.79 Å². The van der Waals surface area contributed by atoms with Crippen molar-refractivity contribution in [2.75, 3.05) is 36.2 Å². The highest BCUT2D eigenvalue weighted by Gasteiger charge is 2.36. The van der Waals surface area contributed by atoms with Crippen molar-refractivity contribution in [1.82, 2.24) is 24.2 Å². The summed E-state index contributed by atoms with van der Waals surface area (Å²) in [6.07, 6.45) is 18.8. The Hall–Kier alpha value is -5.99. The maximum Gasteiger partial charge on any atom is 0.245 e. The van der Waals surface area contributed by atoms with Crippen LogP contribution in [0.4, 0.5) is 11.4 Å². The number of pyridine rings is 2. The van der Waals surface area contributed by atoms with Crippen LogP contribution in [0.25, 0.3) is 43.6 Å². The number of carbonyl (C=O) groups excluding carboxylic acids is 1. The molecule has 294 valence electrons. The zero-order valence-electron chi connectivity index (χ0n) is 33.6.